The van der Waals surface area contributed by atoms with Crippen LogP contribution in [0.5, 0.6) is 0 Å². The number of aliphatic hydroxyl groups is 1. The van der Waals surface area contributed by atoms with E-state index in [0.29, 0.717) is 15.6 Å². The molecule has 0 fully saturated rings. The Hall–Kier alpha value is -2.05. The normalized spacial score (nSPS) is 12.4. The standard InChI is InChI=1S/C18H18FIN2O3/c1-3-4-16(23)20(2)17-13(10-21)7-12(8-14(17)19)15-9-11(18(24)25)5-6-22-15/h5-9,16,23H,3-4H2,1-2H3,(H,24,25). The van der Waals surface area contributed by atoms with Crippen molar-refractivity contribution in [2.45, 2.75) is 23.9 Å². The molecule has 7 heteroatoms. The van der Waals surface area contributed by atoms with Crippen LogP contribution in [-0.2, 0) is 0 Å². The van der Waals surface area contributed by atoms with Crippen LogP contribution >= 0.6 is 19.8 Å². The topological polar surface area (TPSA) is 94.2 Å². The van der Waals surface area contributed by atoms with E-state index in [4.69, 9.17) is 5.11 Å². The molecule has 2 N–H and O–H groups in total. The van der Waals surface area contributed by atoms with Crippen molar-refractivity contribution in [2.24, 2.45) is 0 Å². The van der Waals surface area contributed by atoms with Gasteiger partial charge < -0.3 is 0 Å². The molecule has 132 valence electrons. The van der Waals surface area contributed by atoms with Gasteiger partial charge in [-0.3, -0.25) is 0 Å². The van der Waals surface area contributed by atoms with E-state index in [9.17, 15) is 19.6 Å². The molecule has 0 spiro atoms. The molecule has 2 rings (SSSR count). The van der Waals surface area contributed by atoms with Crippen molar-refractivity contribution in [3.63, 3.8) is 0 Å². The van der Waals surface area contributed by atoms with Crippen LogP contribution in [0.15, 0.2) is 30.5 Å². The molecule has 0 saturated carbocycles. The third-order valence-electron chi connectivity index (χ3n) is 3.65. The van der Waals surface area contributed by atoms with E-state index < -0.39 is 35.7 Å². The number of aromatic nitrogens is 1. The summed E-state index contributed by atoms with van der Waals surface area (Å²) in [6.07, 6.45) is 2.70. The summed E-state index contributed by atoms with van der Waals surface area (Å²) in [5, 5.41) is 28.7. The van der Waals surface area contributed by atoms with Gasteiger partial charge in [0.15, 0.2) is 0 Å². The van der Waals surface area contributed by atoms with Crippen molar-refractivity contribution in [3.05, 3.63) is 51.0 Å². The number of carbonyl (C=O) groups is 1. The van der Waals surface area contributed by atoms with E-state index >= 15 is 0 Å². The molecule has 1 unspecified atom stereocenters. The van der Waals surface area contributed by atoms with Crippen LogP contribution in [-0.4, -0.2) is 30.2 Å². The van der Waals surface area contributed by atoms with Crippen LogP contribution in [0.25, 0.3) is 11.3 Å². The van der Waals surface area contributed by atoms with Crippen LogP contribution in [0, 0.1) is 20.7 Å². The fourth-order valence-electron chi connectivity index (χ4n) is 2.37. The zero-order valence-corrected chi connectivity index (χ0v) is 16.0. The summed E-state index contributed by atoms with van der Waals surface area (Å²) in [5.74, 6) is -1.65. The number of hydrogen-bond acceptors (Lipinski definition) is 4. The number of halogens is 2. The Morgan fingerprint density at radius 3 is 2.76 bits per heavy atom. The van der Waals surface area contributed by atoms with Crippen molar-refractivity contribution in [1.29, 1.82) is 5.26 Å². The molecule has 0 saturated heterocycles. The van der Waals surface area contributed by atoms with Gasteiger partial charge in [0.1, 0.15) is 0 Å². The number of aliphatic hydroxyl groups excluding tert-OH is 1. The summed E-state index contributed by atoms with van der Waals surface area (Å²) >= 11 is -2.26. The van der Waals surface area contributed by atoms with E-state index in [1.54, 1.807) is 0 Å². The van der Waals surface area contributed by atoms with Crippen molar-refractivity contribution in [3.8, 4) is 17.3 Å². The van der Waals surface area contributed by atoms with E-state index in [1.807, 2.05) is 17.9 Å². The van der Waals surface area contributed by atoms with Gasteiger partial charge in [-0.05, 0) is 0 Å². The van der Waals surface area contributed by atoms with Crippen LogP contribution in [0.3, 0.4) is 0 Å². The number of nitriles is 1. The van der Waals surface area contributed by atoms with Gasteiger partial charge in [-0.1, -0.05) is 0 Å². The Labute approximate surface area is 152 Å². The molecular weight excluding hydrogens is 438 g/mol. The van der Waals surface area contributed by atoms with E-state index in [1.165, 1.54) is 30.5 Å². The molecule has 0 aliphatic carbocycles. The predicted molar refractivity (Wildman–Crippen MR) is 101 cm³/mol. The van der Waals surface area contributed by atoms with Gasteiger partial charge in [0.2, 0.25) is 0 Å². The number of carboxylic acids is 1. The average Bonchev–Trinajstić information content (AvgIpc) is 2.60. The number of carboxylic acid groups (broad SMARTS) is 1. The first-order valence-electron chi connectivity index (χ1n) is 7.58. The second kappa shape index (κ2) is 8.36. The fourth-order valence-corrected chi connectivity index (χ4v) is 6.81. The molecule has 1 aromatic heterocycles. The number of benzene rings is 1. The molecule has 2 aromatic rings. The van der Waals surface area contributed by atoms with Gasteiger partial charge in [0.05, 0.1) is 0 Å². The third-order valence-corrected chi connectivity index (χ3v) is 9.23. The zero-order valence-electron chi connectivity index (χ0n) is 13.8. The van der Waals surface area contributed by atoms with Crippen LogP contribution < -0.4 is 0 Å². The molecule has 1 aromatic carbocycles. The van der Waals surface area contributed by atoms with Gasteiger partial charge >= 0.3 is 153 Å². The number of rotatable bonds is 6. The van der Waals surface area contributed by atoms with Gasteiger partial charge in [-0.15, -0.1) is 0 Å². The van der Waals surface area contributed by atoms with Crippen LogP contribution in [0.4, 0.5) is 4.39 Å². The number of alkyl halides is 2. The Morgan fingerprint density at radius 2 is 2.16 bits per heavy atom. The summed E-state index contributed by atoms with van der Waals surface area (Å²) < 4.78 is 14.5. The maximum atomic E-state index is 14.7. The molecule has 0 bridgehead atoms. The molecule has 0 radical (unpaired) electrons. The Kier molecular flexibility index (Phi) is 6.45. The second-order valence-corrected chi connectivity index (χ2v) is 10.9. The molecule has 25 heavy (non-hydrogen) atoms. The predicted octanol–water partition coefficient (Wildman–Crippen LogP) is 3.88. The molecule has 0 aliphatic rings. The van der Waals surface area contributed by atoms with Gasteiger partial charge in [0, 0.05) is 0 Å². The number of aromatic carboxylic acids is 1. The summed E-state index contributed by atoms with van der Waals surface area (Å²) in [4.78, 5) is 17.0. The van der Waals surface area contributed by atoms with E-state index in [2.05, 4.69) is 4.98 Å². The van der Waals surface area contributed by atoms with Crippen molar-refractivity contribution in [2.75, 3.05) is 4.93 Å². The first-order valence-corrected chi connectivity index (χ1v) is 12.1. The molecule has 5 nitrogen and oxygen atoms in total. The molecule has 0 amide bonds. The second-order valence-electron chi connectivity index (χ2n) is 5.41. The first-order chi connectivity index (χ1) is 11.9. The molecule has 1 atom stereocenters. The number of nitrogens with zero attached hydrogens (tertiary/aromatic N) is 2. The van der Waals surface area contributed by atoms with E-state index in [0.717, 1.165) is 6.42 Å². The summed E-state index contributed by atoms with van der Waals surface area (Å²) in [6.45, 7) is 1.94. The van der Waals surface area contributed by atoms with Crippen molar-refractivity contribution < 1.29 is 19.4 Å². The Balaban J connectivity index is 2.52. The monoisotopic (exact) mass is 456 g/mol. The SMILES string of the molecule is CCCC(O)I(C)c1c(F)cc(-c2cc(C(=O)O)ccn2)cc1C#N. The Bertz CT molecular complexity index is 836. The summed E-state index contributed by atoms with van der Waals surface area (Å²) in [6, 6.07) is 7.46. The molecule has 1 heterocycles. The minimum atomic E-state index is -2.26. The zero-order chi connectivity index (χ0) is 18.6. The number of pyridine rings is 1. The van der Waals surface area contributed by atoms with Crippen molar-refractivity contribution >= 4 is 25.8 Å². The van der Waals surface area contributed by atoms with Gasteiger partial charge in [0.25, 0.3) is 0 Å². The van der Waals surface area contributed by atoms with Crippen LogP contribution in [0.2, 0.25) is 0 Å². The van der Waals surface area contributed by atoms with Crippen LogP contribution in [0.1, 0.15) is 35.7 Å². The Morgan fingerprint density at radius 1 is 1.44 bits per heavy atom. The van der Waals surface area contributed by atoms with Gasteiger partial charge in [-0.2, -0.15) is 0 Å². The fraction of sp³-hybridized carbons (Fsp3) is 0.278. The first kappa shape index (κ1) is 19.3. The van der Waals surface area contributed by atoms with E-state index in [-0.39, 0.29) is 16.8 Å². The number of hydrogen-bond donors (Lipinski definition) is 2. The third kappa shape index (κ3) is 4.32. The summed E-state index contributed by atoms with van der Waals surface area (Å²) in [5.41, 5.74) is 0.846. The molecule has 0 aliphatic heterocycles. The average molecular weight is 456 g/mol. The minimum absolute atomic E-state index is 0.0373. The van der Waals surface area contributed by atoms with Gasteiger partial charge in [-0.25, -0.2) is 0 Å². The maximum absolute atomic E-state index is 14.7. The van der Waals surface area contributed by atoms with Crippen molar-refractivity contribution in [1.82, 2.24) is 4.98 Å². The molecular formula is C18H18FIN2O3. The summed E-state index contributed by atoms with van der Waals surface area (Å²) in [7, 11) is 0. The quantitative estimate of drug-likeness (QED) is 0.509.